The molecule has 17 heavy (non-hydrogen) atoms. The number of alkyl carbamates (subject to hydrolysis) is 1. The van der Waals surface area contributed by atoms with Gasteiger partial charge >= 0.3 is 6.09 Å². The van der Waals surface area contributed by atoms with Crippen LogP contribution in [-0.2, 0) is 4.74 Å². The van der Waals surface area contributed by atoms with Gasteiger partial charge in [0.05, 0.1) is 12.1 Å². The van der Waals surface area contributed by atoms with Crippen LogP contribution in [0.3, 0.4) is 0 Å². The summed E-state index contributed by atoms with van der Waals surface area (Å²) < 4.78 is 5.11. The molecule has 0 aromatic heterocycles. The van der Waals surface area contributed by atoms with Gasteiger partial charge in [0.1, 0.15) is 5.60 Å². The molecule has 5 nitrogen and oxygen atoms in total. The van der Waals surface area contributed by atoms with E-state index in [1.165, 1.54) is 0 Å². The number of nitriles is 1. The molecule has 0 spiro atoms. The summed E-state index contributed by atoms with van der Waals surface area (Å²) in [6.45, 7) is 5.30. The molecule has 1 saturated carbocycles. The van der Waals surface area contributed by atoms with E-state index in [2.05, 4.69) is 5.32 Å². The quantitative estimate of drug-likeness (QED) is 0.683. The minimum Gasteiger partial charge on any atom is -0.444 e. The van der Waals surface area contributed by atoms with E-state index in [9.17, 15) is 9.90 Å². The molecule has 1 rings (SSSR count). The van der Waals surface area contributed by atoms with Crippen molar-refractivity contribution in [1.29, 1.82) is 5.26 Å². The van der Waals surface area contributed by atoms with E-state index >= 15 is 0 Å². The lowest BCUT2D eigenvalue weighted by Gasteiger charge is -2.35. The first-order chi connectivity index (χ1) is 7.77. The van der Waals surface area contributed by atoms with Gasteiger partial charge in [-0.05, 0) is 40.0 Å². The van der Waals surface area contributed by atoms with Crippen molar-refractivity contribution < 1.29 is 14.6 Å². The van der Waals surface area contributed by atoms with Crippen LogP contribution in [0.5, 0.6) is 0 Å². The highest BCUT2D eigenvalue weighted by Crippen LogP contribution is 2.28. The SMILES string of the molecule is CC(C)(C)OC(=O)N[C@@H]1CCCC[C@]1(O)C#N. The number of aliphatic hydroxyl groups is 1. The maximum Gasteiger partial charge on any atom is 0.408 e. The summed E-state index contributed by atoms with van der Waals surface area (Å²) in [6.07, 6.45) is 2.10. The summed E-state index contributed by atoms with van der Waals surface area (Å²) in [5, 5.41) is 21.6. The molecule has 1 aliphatic rings. The summed E-state index contributed by atoms with van der Waals surface area (Å²) >= 11 is 0. The molecule has 5 heteroatoms. The molecule has 0 radical (unpaired) electrons. The second kappa shape index (κ2) is 4.92. The molecular formula is C12H20N2O3. The van der Waals surface area contributed by atoms with E-state index in [1.807, 2.05) is 6.07 Å². The lowest BCUT2D eigenvalue weighted by Crippen LogP contribution is -2.54. The molecular weight excluding hydrogens is 220 g/mol. The molecule has 0 aromatic rings. The highest BCUT2D eigenvalue weighted by Gasteiger charge is 2.40. The van der Waals surface area contributed by atoms with Crippen LogP contribution in [0.25, 0.3) is 0 Å². The second-order valence-electron chi connectivity index (χ2n) is 5.48. The van der Waals surface area contributed by atoms with Gasteiger partial charge in [0.15, 0.2) is 5.60 Å². The Kier molecular flexibility index (Phi) is 3.99. The van der Waals surface area contributed by atoms with Crippen LogP contribution in [0.2, 0.25) is 0 Å². The van der Waals surface area contributed by atoms with Crippen molar-refractivity contribution in [3.8, 4) is 6.07 Å². The van der Waals surface area contributed by atoms with E-state index in [0.717, 1.165) is 12.8 Å². The average Bonchev–Trinajstić information content (AvgIpc) is 2.19. The third kappa shape index (κ3) is 3.90. The molecule has 96 valence electrons. The largest absolute Gasteiger partial charge is 0.444 e. The normalized spacial score (nSPS) is 29.2. The van der Waals surface area contributed by atoms with Crippen LogP contribution in [0.4, 0.5) is 4.79 Å². The van der Waals surface area contributed by atoms with Crippen LogP contribution in [0, 0.1) is 11.3 Å². The van der Waals surface area contributed by atoms with Crippen LogP contribution in [0.1, 0.15) is 46.5 Å². The highest BCUT2D eigenvalue weighted by molar-refractivity contribution is 5.68. The van der Waals surface area contributed by atoms with Crippen LogP contribution in [-0.4, -0.2) is 28.4 Å². The average molecular weight is 240 g/mol. The standard InChI is InChI=1S/C12H20N2O3/c1-11(2,3)17-10(15)14-9-6-4-5-7-12(9,16)8-13/h9,16H,4-7H2,1-3H3,(H,14,15)/t9-,12+/m1/s1. The third-order valence-electron chi connectivity index (χ3n) is 2.76. The van der Waals surface area contributed by atoms with Gasteiger partial charge < -0.3 is 15.2 Å². The Hall–Kier alpha value is -1.28. The second-order valence-corrected chi connectivity index (χ2v) is 5.48. The number of amides is 1. The summed E-state index contributed by atoms with van der Waals surface area (Å²) in [6, 6.07) is 1.34. The maximum atomic E-state index is 11.6. The fourth-order valence-corrected chi connectivity index (χ4v) is 1.93. The first kappa shape index (κ1) is 13.8. The molecule has 0 heterocycles. The number of ether oxygens (including phenoxy) is 1. The van der Waals surface area contributed by atoms with Crippen LogP contribution in [0.15, 0.2) is 0 Å². The van der Waals surface area contributed by atoms with E-state index in [-0.39, 0.29) is 0 Å². The summed E-state index contributed by atoms with van der Waals surface area (Å²) in [7, 11) is 0. The predicted octanol–water partition coefficient (Wildman–Crippen LogP) is 1.71. The number of nitrogens with zero attached hydrogens (tertiary/aromatic N) is 1. The number of rotatable bonds is 1. The molecule has 1 fully saturated rings. The maximum absolute atomic E-state index is 11.6. The molecule has 1 aliphatic carbocycles. The molecule has 0 aromatic carbocycles. The van der Waals surface area contributed by atoms with Crippen molar-refractivity contribution in [3.63, 3.8) is 0 Å². The minimum atomic E-state index is -1.46. The summed E-state index contributed by atoms with van der Waals surface area (Å²) in [4.78, 5) is 11.6. The fourth-order valence-electron chi connectivity index (χ4n) is 1.93. The Labute approximate surface area is 102 Å². The monoisotopic (exact) mass is 240 g/mol. The smallest absolute Gasteiger partial charge is 0.408 e. The van der Waals surface area contributed by atoms with E-state index in [0.29, 0.717) is 12.8 Å². The summed E-state index contributed by atoms with van der Waals surface area (Å²) in [5.41, 5.74) is -2.04. The van der Waals surface area contributed by atoms with E-state index < -0.39 is 23.3 Å². The van der Waals surface area contributed by atoms with E-state index in [4.69, 9.17) is 10.00 Å². The first-order valence-corrected chi connectivity index (χ1v) is 5.90. The van der Waals surface area contributed by atoms with Crippen LogP contribution < -0.4 is 5.32 Å². The van der Waals surface area contributed by atoms with Gasteiger partial charge in [-0.15, -0.1) is 0 Å². The Morgan fingerprint density at radius 3 is 2.71 bits per heavy atom. The Bertz CT molecular complexity index is 330. The van der Waals surface area contributed by atoms with Gasteiger partial charge in [-0.3, -0.25) is 0 Å². The molecule has 2 atom stereocenters. The molecule has 1 amide bonds. The number of nitrogens with one attached hydrogen (secondary N) is 1. The van der Waals surface area contributed by atoms with Gasteiger partial charge in [-0.2, -0.15) is 5.26 Å². The molecule has 0 bridgehead atoms. The van der Waals surface area contributed by atoms with Gasteiger partial charge in [0, 0.05) is 0 Å². The van der Waals surface area contributed by atoms with Crippen molar-refractivity contribution in [2.75, 3.05) is 0 Å². The first-order valence-electron chi connectivity index (χ1n) is 5.90. The number of carbonyl (C=O) groups excluding carboxylic acids is 1. The predicted molar refractivity (Wildman–Crippen MR) is 62.2 cm³/mol. The Morgan fingerprint density at radius 2 is 2.18 bits per heavy atom. The topological polar surface area (TPSA) is 82.3 Å². The fraction of sp³-hybridized carbons (Fsp3) is 0.833. The van der Waals surface area contributed by atoms with E-state index in [1.54, 1.807) is 20.8 Å². The minimum absolute atomic E-state index is 0.393. The lowest BCUT2D eigenvalue weighted by atomic mass is 9.81. The zero-order chi connectivity index (χ0) is 13.1. The zero-order valence-electron chi connectivity index (χ0n) is 10.6. The van der Waals surface area contributed by atoms with Gasteiger partial charge in [-0.1, -0.05) is 6.42 Å². The molecule has 0 aliphatic heterocycles. The molecule has 0 unspecified atom stereocenters. The molecule has 2 N–H and O–H groups in total. The highest BCUT2D eigenvalue weighted by atomic mass is 16.6. The van der Waals surface area contributed by atoms with Gasteiger partial charge in [0.2, 0.25) is 0 Å². The third-order valence-corrected chi connectivity index (χ3v) is 2.76. The number of carbonyl (C=O) groups is 1. The zero-order valence-corrected chi connectivity index (χ0v) is 10.6. The van der Waals surface area contributed by atoms with Crippen molar-refractivity contribution in [1.82, 2.24) is 5.32 Å². The van der Waals surface area contributed by atoms with Crippen molar-refractivity contribution >= 4 is 6.09 Å². The lowest BCUT2D eigenvalue weighted by molar-refractivity contribution is 0.00854. The van der Waals surface area contributed by atoms with Crippen molar-refractivity contribution in [2.24, 2.45) is 0 Å². The van der Waals surface area contributed by atoms with Gasteiger partial charge in [-0.25, -0.2) is 4.79 Å². The number of hydrogen-bond donors (Lipinski definition) is 2. The van der Waals surface area contributed by atoms with Gasteiger partial charge in [0.25, 0.3) is 0 Å². The molecule has 0 saturated heterocycles. The summed E-state index contributed by atoms with van der Waals surface area (Å²) in [5.74, 6) is 0. The number of hydrogen-bond acceptors (Lipinski definition) is 4. The Balaban J connectivity index is 2.61. The van der Waals surface area contributed by atoms with Crippen molar-refractivity contribution in [3.05, 3.63) is 0 Å². The Morgan fingerprint density at radius 1 is 1.53 bits per heavy atom. The van der Waals surface area contributed by atoms with Crippen LogP contribution >= 0.6 is 0 Å². The van der Waals surface area contributed by atoms with Crippen molar-refractivity contribution in [2.45, 2.75) is 63.7 Å².